The summed E-state index contributed by atoms with van der Waals surface area (Å²) in [6, 6.07) is 6.22. The van der Waals surface area contributed by atoms with Gasteiger partial charge in [-0.25, -0.2) is 0 Å². The van der Waals surface area contributed by atoms with E-state index in [0.717, 1.165) is 17.7 Å². The van der Waals surface area contributed by atoms with Crippen molar-refractivity contribution in [3.63, 3.8) is 0 Å². The van der Waals surface area contributed by atoms with Crippen LogP contribution in [0.2, 0.25) is 0 Å². The zero-order chi connectivity index (χ0) is 11.3. The minimum absolute atomic E-state index is 0.256. The molecule has 3 heteroatoms. The molecule has 2 unspecified atom stereocenters. The van der Waals surface area contributed by atoms with Crippen molar-refractivity contribution in [2.45, 2.75) is 39.3 Å². The van der Waals surface area contributed by atoms with Crippen molar-refractivity contribution in [1.29, 1.82) is 5.26 Å². The fraction of sp³-hybridized carbons (Fsp3) is 0.500. The van der Waals surface area contributed by atoms with Gasteiger partial charge in [0.1, 0.15) is 6.04 Å². The second kappa shape index (κ2) is 5.47. The van der Waals surface area contributed by atoms with Gasteiger partial charge in [-0.3, -0.25) is 10.3 Å². The molecule has 0 saturated carbocycles. The van der Waals surface area contributed by atoms with Gasteiger partial charge >= 0.3 is 0 Å². The molecule has 1 aromatic heterocycles. The number of rotatable bonds is 4. The lowest BCUT2D eigenvalue weighted by molar-refractivity contribution is 0.500. The van der Waals surface area contributed by atoms with E-state index in [4.69, 9.17) is 5.26 Å². The van der Waals surface area contributed by atoms with Crippen molar-refractivity contribution in [2.75, 3.05) is 0 Å². The number of nitrogens with one attached hydrogen (secondary N) is 1. The molecule has 1 N–H and O–H groups in total. The van der Waals surface area contributed by atoms with Gasteiger partial charge in [-0.2, -0.15) is 5.26 Å². The summed E-state index contributed by atoms with van der Waals surface area (Å²) in [4.78, 5) is 4.19. The van der Waals surface area contributed by atoms with E-state index in [-0.39, 0.29) is 6.04 Å². The average Bonchev–Trinajstić information content (AvgIpc) is 2.27. The molecule has 0 aromatic carbocycles. The normalized spacial score (nSPS) is 14.3. The number of nitriles is 1. The van der Waals surface area contributed by atoms with Crippen molar-refractivity contribution < 1.29 is 0 Å². The molecular weight excluding hydrogens is 186 g/mol. The molecule has 15 heavy (non-hydrogen) atoms. The first kappa shape index (κ1) is 11.7. The maximum Gasteiger partial charge on any atom is 0.123 e. The van der Waals surface area contributed by atoms with Gasteiger partial charge in [0, 0.05) is 23.5 Å². The van der Waals surface area contributed by atoms with Crippen LogP contribution >= 0.6 is 0 Å². The van der Waals surface area contributed by atoms with Gasteiger partial charge in [-0.05, 0) is 26.3 Å². The van der Waals surface area contributed by atoms with E-state index in [1.807, 2.05) is 19.1 Å². The first-order chi connectivity index (χ1) is 7.17. The highest BCUT2D eigenvalue weighted by Gasteiger charge is 2.12. The van der Waals surface area contributed by atoms with Crippen LogP contribution in [0.5, 0.6) is 0 Å². The van der Waals surface area contributed by atoms with E-state index in [9.17, 15) is 0 Å². The molecule has 1 rings (SSSR count). The Bertz CT molecular complexity index is 337. The summed E-state index contributed by atoms with van der Waals surface area (Å²) in [6.07, 6.45) is 2.77. The highest BCUT2D eigenvalue weighted by atomic mass is 14.9. The third-order valence-corrected chi connectivity index (χ3v) is 2.46. The summed E-state index contributed by atoms with van der Waals surface area (Å²) in [6.45, 7) is 6.11. The van der Waals surface area contributed by atoms with Gasteiger partial charge in [0.25, 0.3) is 0 Å². The minimum Gasteiger partial charge on any atom is -0.296 e. The predicted molar refractivity (Wildman–Crippen MR) is 60.2 cm³/mol. The monoisotopic (exact) mass is 203 g/mol. The van der Waals surface area contributed by atoms with Crippen LogP contribution in [0, 0.1) is 18.3 Å². The zero-order valence-electron chi connectivity index (χ0n) is 9.49. The zero-order valence-corrected chi connectivity index (χ0v) is 9.49. The molecule has 1 heterocycles. The maximum absolute atomic E-state index is 9.05. The van der Waals surface area contributed by atoms with Crippen molar-refractivity contribution in [3.05, 3.63) is 29.6 Å². The minimum atomic E-state index is -0.256. The topological polar surface area (TPSA) is 48.7 Å². The molecule has 0 aliphatic heterocycles. The highest BCUT2D eigenvalue weighted by molar-refractivity contribution is 5.22. The fourth-order valence-corrected chi connectivity index (χ4v) is 1.26. The van der Waals surface area contributed by atoms with Crippen molar-refractivity contribution >= 4 is 0 Å². The molecule has 2 atom stereocenters. The number of pyridine rings is 1. The summed E-state index contributed by atoms with van der Waals surface area (Å²) in [5, 5.41) is 12.3. The molecule has 0 amide bonds. The summed E-state index contributed by atoms with van der Waals surface area (Å²) in [5.41, 5.74) is 1.90. The van der Waals surface area contributed by atoms with Crippen LogP contribution in [0.1, 0.15) is 37.6 Å². The molecule has 3 nitrogen and oxygen atoms in total. The number of aryl methyl sites for hydroxylation is 1. The molecule has 0 aliphatic carbocycles. The third kappa shape index (κ3) is 3.34. The second-order valence-electron chi connectivity index (χ2n) is 3.77. The van der Waals surface area contributed by atoms with E-state index < -0.39 is 0 Å². The number of nitrogens with zero attached hydrogens (tertiary/aromatic N) is 2. The van der Waals surface area contributed by atoms with Crippen molar-refractivity contribution in [2.24, 2.45) is 0 Å². The second-order valence-corrected chi connectivity index (χ2v) is 3.77. The predicted octanol–water partition coefficient (Wildman–Crippen LogP) is 2.34. The smallest absolute Gasteiger partial charge is 0.123 e. The Morgan fingerprint density at radius 1 is 1.53 bits per heavy atom. The van der Waals surface area contributed by atoms with Crippen LogP contribution in [0.15, 0.2) is 18.3 Å². The SMILES string of the molecule is CCC(C)NC(C#N)c1ccc(C)nc1. The summed E-state index contributed by atoms with van der Waals surface area (Å²) in [7, 11) is 0. The first-order valence-corrected chi connectivity index (χ1v) is 5.25. The Morgan fingerprint density at radius 3 is 2.73 bits per heavy atom. The Balaban J connectivity index is 2.75. The van der Waals surface area contributed by atoms with Crippen LogP contribution in [-0.4, -0.2) is 11.0 Å². The van der Waals surface area contributed by atoms with Gasteiger partial charge in [-0.15, -0.1) is 0 Å². The molecule has 1 aromatic rings. The van der Waals surface area contributed by atoms with E-state index in [1.54, 1.807) is 6.20 Å². The third-order valence-electron chi connectivity index (χ3n) is 2.46. The molecule has 0 aliphatic rings. The quantitative estimate of drug-likeness (QED) is 0.817. The molecule has 0 spiro atoms. The number of hydrogen-bond acceptors (Lipinski definition) is 3. The van der Waals surface area contributed by atoms with E-state index in [2.05, 4.69) is 30.2 Å². The van der Waals surface area contributed by atoms with E-state index in [1.165, 1.54) is 0 Å². The number of hydrogen-bond donors (Lipinski definition) is 1. The number of aromatic nitrogens is 1. The van der Waals surface area contributed by atoms with Gasteiger partial charge in [0.2, 0.25) is 0 Å². The Kier molecular flexibility index (Phi) is 4.26. The molecule has 80 valence electrons. The summed E-state index contributed by atoms with van der Waals surface area (Å²) < 4.78 is 0. The van der Waals surface area contributed by atoms with E-state index >= 15 is 0 Å². The van der Waals surface area contributed by atoms with E-state index in [0.29, 0.717) is 6.04 Å². The van der Waals surface area contributed by atoms with Crippen LogP contribution in [0.25, 0.3) is 0 Å². The molecular formula is C12H17N3. The lowest BCUT2D eigenvalue weighted by atomic mass is 10.1. The molecule has 0 bridgehead atoms. The summed E-state index contributed by atoms with van der Waals surface area (Å²) >= 11 is 0. The Labute approximate surface area is 91.1 Å². The maximum atomic E-state index is 9.05. The van der Waals surface area contributed by atoms with Crippen LogP contribution in [0.4, 0.5) is 0 Å². The van der Waals surface area contributed by atoms with Crippen molar-refractivity contribution in [1.82, 2.24) is 10.3 Å². The lowest BCUT2D eigenvalue weighted by Gasteiger charge is -2.16. The molecule has 0 radical (unpaired) electrons. The Hall–Kier alpha value is -1.40. The lowest BCUT2D eigenvalue weighted by Crippen LogP contribution is -2.29. The largest absolute Gasteiger partial charge is 0.296 e. The van der Waals surface area contributed by atoms with Gasteiger partial charge in [0.15, 0.2) is 0 Å². The molecule has 0 saturated heterocycles. The average molecular weight is 203 g/mol. The summed E-state index contributed by atoms with van der Waals surface area (Å²) in [5.74, 6) is 0. The van der Waals surface area contributed by atoms with Crippen LogP contribution in [0.3, 0.4) is 0 Å². The van der Waals surface area contributed by atoms with Gasteiger partial charge < -0.3 is 0 Å². The fourth-order valence-electron chi connectivity index (χ4n) is 1.26. The van der Waals surface area contributed by atoms with Gasteiger partial charge in [0.05, 0.1) is 6.07 Å². The van der Waals surface area contributed by atoms with Crippen LogP contribution in [-0.2, 0) is 0 Å². The molecule has 0 fully saturated rings. The van der Waals surface area contributed by atoms with Gasteiger partial charge in [-0.1, -0.05) is 13.0 Å². The standard InChI is InChI=1S/C12H17N3/c1-4-9(2)15-12(7-13)11-6-5-10(3)14-8-11/h5-6,8-9,12,15H,4H2,1-3H3. The van der Waals surface area contributed by atoms with Crippen molar-refractivity contribution in [3.8, 4) is 6.07 Å². The highest BCUT2D eigenvalue weighted by Crippen LogP contribution is 2.12. The Morgan fingerprint density at radius 2 is 2.27 bits per heavy atom. The van der Waals surface area contributed by atoms with Crippen LogP contribution < -0.4 is 5.32 Å². The first-order valence-electron chi connectivity index (χ1n) is 5.25.